The number of rotatable bonds is 4. The predicted molar refractivity (Wildman–Crippen MR) is 131 cm³/mol. The molecule has 11 nitrogen and oxygen atoms in total. The number of Topliss-reactive ketones (excluding diaryl/α,β-unsaturated/α-hetero) is 2. The number of phenols is 1. The molecule has 11 heteroatoms. The zero-order valence-corrected chi connectivity index (χ0v) is 20.8. The van der Waals surface area contributed by atoms with Crippen molar-refractivity contribution in [2.24, 2.45) is 17.6 Å². The molecule has 3 aliphatic rings. The minimum absolute atomic E-state index is 0.0127. The highest BCUT2D eigenvalue weighted by Crippen LogP contribution is 2.52. The van der Waals surface area contributed by atoms with Crippen molar-refractivity contribution >= 4 is 29.5 Å². The minimum Gasteiger partial charge on any atom is -0.510 e. The van der Waals surface area contributed by atoms with Crippen LogP contribution in [0.15, 0.2) is 40.9 Å². The largest absolute Gasteiger partial charge is 0.510 e. The van der Waals surface area contributed by atoms with E-state index < -0.39 is 58.0 Å². The number of amides is 2. The number of aliphatic hydroxyl groups excluding tert-OH is 2. The van der Waals surface area contributed by atoms with E-state index in [-0.39, 0.29) is 35.6 Å². The maximum absolute atomic E-state index is 13.6. The van der Waals surface area contributed by atoms with Gasteiger partial charge in [-0.05, 0) is 56.1 Å². The topological polar surface area (TPSA) is 182 Å². The quantitative estimate of drug-likeness (QED) is 0.279. The molecule has 4 rings (SSSR count). The van der Waals surface area contributed by atoms with E-state index >= 15 is 0 Å². The van der Waals surface area contributed by atoms with E-state index in [0.29, 0.717) is 11.1 Å². The van der Waals surface area contributed by atoms with Gasteiger partial charge in [0.2, 0.25) is 11.7 Å². The first-order valence-corrected chi connectivity index (χ1v) is 11.6. The Labute approximate surface area is 212 Å². The number of phenolic OH excluding ortho intramolecular Hbond substituents is 1. The Bertz CT molecular complexity index is 1340. The number of hydrogen-bond acceptors (Lipinski definition) is 9. The fourth-order valence-electron chi connectivity index (χ4n) is 5.74. The Morgan fingerprint density at radius 3 is 2.32 bits per heavy atom. The maximum Gasteiger partial charge on any atom is 0.255 e. The number of likely N-dealkylation sites (N-methyl/N-ethyl adjacent to an activating group) is 2. The third kappa shape index (κ3) is 3.73. The van der Waals surface area contributed by atoms with Crippen molar-refractivity contribution in [1.29, 1.82) is 0 Å². The van der Waals surface area contributed by atoms with Gasteiger partial charge < -0.3 is 31.1 Å². The predicted octanol–water partition coefficient (Wildman–Crippen LogP) is 0.222. The third-order valence-electron chi connectivity index (χ3n) is 7.49. The minimum atomic E-state index is -2.68. The smallest absolute Gasteiger partial charge is 0.255 e. The van der Waals surface area contributed by atoms with Gasteiger partial charge in [0.1, 0.15) is 22.8 Å². The number of primary amides is 1. The monoisotopic (exact) mass is 511 g/mol. The lowest BCUT2D eigenvalue weighted by Gasteiger charge is -2.50. The van der Waals surface area contributed by atoms with Gasteiger partial charge in [0.05, 0.1) is 11.6 Å². The number of carbonyl (C=O) groups is 4. The van der Waals surface area contributed by atoms with E-state index in [2.05, 4.69) is 0 Å². The molecule has 0 spiro atoms. The first-order valence-electron chi connectivity index (χ1n) is 11.6. The summed E-state index contributed by atoms with van der Waals surface area (Å²) in [6.07, 6.45) is 2.98. The highest BCUT2D eigenvalue weighted by molar-refractivity contribution is 6.24. The highest BCUT2D eigenvalue weighted by atomic mass is 16.3. The van der Waals surface area contributed by atoms with Crippen LogP contribution in [-0.4, -0.2) is 93.4 Å². The molecule has 0 saturated carbocycles. The fraction of sp³-hybridized carbons (Fsp3) is 0.385. The molecule has 4 atom stereocenters. The molecule has 3 aliphatic carbocycles. The first kappa shape index (κ1) is 26.1. The fourth-order valence-corrected chi connectivity index (χ4v) is 5.74. The molecule has 196 valence electrons. The van der Waals surface area contributed by atoms with E-state index in [1.165, 1.54) is 28.0 Å². The summed E-state index contributed by atoms with van der Waals surface area (Å²) < 4.78 is 0. The number of benzene rings is 1. The molecule has 0 heterocycles. The molecule has 1 aromatic carbocycles. The standard InChI is InChI=1S/C26H29N3O8/c1-28(2)16(31)8-6-11-5-7-15(30)18-13(11)9-12-10-14-20(29(3)4)22(33)19(25(27)36)24(35)26(14,37)23(34)17(12)21(18)32/h5-8,12,14,20,30,33-34,37H,9-10H2,1-4H3,(H2,27,36)/b8-6+. The summed E-state index contributed by atoms with van der Waals surface area (Å²) in [5.74, 6) is -7.33. The van der Waals surface area contributed by atoms with Gasteiger partial charge in [0.15, 0.2) is 11.4 Å². The summed E-state index contributed by atoms with van der Waals surface area (Å²) in [5, 5.41) is 44.2. The molecule has 0 saturated heterocycles. The second kappa shape index (κ2) is 8.86. The zero-order valence-electron chi connectivity index (χ0n) is 20.8. The molecule has 4 unspecified atom stereocenters. The number of hydrogen-bond donors (Lipinski definition) is 5. The lowest BCUT2D eigenvalue weighted by Crippen LogP contribution is -2.63. The number of allylic oxidation sites excluding steroid dienone is 1. The van der Waals surface area contributed by atoms with E-state index in [1.807, 2.05) is 0 Å². The summed E-state index contributed by atoms with van der Waals surface area (Å²) in [7, 11) is 6.31. The van der Waals surface area contributed by atoms with Crippen LogP contribution in [0.1, 0.15) is 27.9 Å². The van der Waals surface area contributed by atoms with Gasteiger partial charge in [-0.2, -0.15) is 0 Å². The Morgan fingerprint density at radius 1 is 1.11 bits per heavy atom. The summed E-state index contributed by atoms with van der Waals surface area (Å²) in [6.45, 7) is 0. The maximum atomic E-state index is 13.6. The SMILES string of the molecule is CN(C)C(=O)/C=C/c1ccc(O)c2c1CC1CC3C(N(C)C)C(O)=C(C(N)=O)C(=O)C3(O)C(O)=C1C2=O. The normalized spacial score (nSPS) is 27.4. The van der Waals surface area contributed by atoms with Crippen molar-refractivity contribution in [2.75, 3.05) is 28.2 Å². The number of aromatic hydroxyl groups is 1. The number of nitrogens with zero attached hydrogens (tertiary/aromatic N) is 2. The van der Waals surface area contributed by atoms with Crippen LogP contribution >= 0.6 is 0 Å². The lowest BCUT2D eigenvalue weighted by atomic mass is 9.58. The molecule has 0 bridgehead atoms. The molecular formula is C26H29N3O8. The Balaban J connectivity index is 1.91. The average Bonchev–Trinajstić information content (AvgIpc) is 2.80. The number of ketones is 2. The van der Waals surface area contributed by atoms with Crippen LogP contribution in [0.2, 0.25) is 0 Å². The van der Waals surface area contributed by atoms with Gasteiger partial charge in [-0.15, -0.1) is 0 Å². The van der Waals surface area contributed by atoms with Gasteiger partial charge in [-0.1, -0.05) is 6.07 Å². The van der Waals surface area contributed by atoms with E-state index in [9.17, 15) is 39.6 Å². The summed E-state index contributed by atoms with van der Waals surface area (Å²) in [4.78, 5) is 53.9. The van der Waals surface area contributed by atoms with Crippen LogP contribution < -0.4 is 5.73 Å². The van der Waals surface area contributed by atoms with Crippen LogP contribution in [0.4, 0.5) is 0 Å². The molecule has 2 amide bonds. The molecule has 6 N–H and O–H groups in total. The lowest BCUT2D eigenvalue weighted by molar-refractivity contribution is -0.148. The molecule has 0 aliphatic heterocycles. The number of carbonyl (C=O) groups excluding carboxylic acids is 4. The highest BCUT2D eigenvalue weighted by Gasteiger charge is 2.63. The van der Waals surface area contributed by atoms with Crippen molar-refractivity contribution in [3.63, 3.8) is 0 Å². The second-order valence-electron chi connectivity index (χ2n) is 10.1. The van der Waals surface area contributed by atoms with Gasteiger partial charge in [-0.25, -0.2) is 0 Å². The van der Waals surface area contributed by atoms with Crippen molar-refractivity contribution < 1.29 is 39.6 Å². The number of aliphatic hydroxyl groups is 3. The molecule has 0 radical (unpaired) electrons. The van der Waals surface area contributed by atoms with Crippen LogP contribution in [0.5, 0.6) is 5.75 Å². The van der Waals surface area contributed by atoms with Gasteiger partial charge >= 0.3 is 0 Å². The van der Waals surface area contributed by atoms with Crippen molar-refractivity contribution in [1.82, 2.24) is 9.80 Å². The number of nitrogens with two attached hydrogens (primary N) is 1. The third-order valence-corrected chi connectivity index (χ3v) is 7.49. The van der Waals surface area contributed by atoms with Gasteiger partial charge in [0, 0.05) is 31.7 Å². The van der Waals surface area contributed by atoms with Crippen molar-refractivity contribution in [3.8, 4) is 5.75 Å². The van der Waals surface area contributed by atoms with Crippen LogP contribution in [0, 0.1) is 11.8 Å². The summed E-state index contributed by atoms with van der Waals surface area (Å²) in [6, 6.07) is 1.79. The zero-order chi connectivity index (χ0) is 27.6. The first-order chi connectivity index (χ1) is 17.2. The van der Waals surface area contributed by atoms with Crippen molar-refractivity contribution in [2.45, 2.75) is 24.5 Å². The van der Waals surface area contributed by atoms with Gasteiger partial charge in [-0.3, -0.25) is 24.1 Å². The van der Waals surface area contributed by atoms with Crippen LogP contribution in [0.3, 0.4) is 0 Å². The summed E-state index contributed by atoms with van der Waals surface area (Å²) >= 11 is 0. The van der Waals surface area contributed by atoms with E-state index in [0.717, 1.165) is 0 Å². The Hall–Kier alpha value is -3.96. The van der Waals surface area contributed by atoms with E-state index in [4.69, 9.17) is 5.73 Å². The van der Waals surface area contributed by atoms with Crippen LogP contribution in [-0.2, 0) is 20.8 Å². The molecular weight excluding hydrogens is 482 g/mol. The van der Waals surface area contributed by atoms with E-state index in [1.54, 1.807) is 34.3 Å². The second-order valence-corrected chi connectivity index (χ2v) is 10.1. The molecule has 1 aromatic rings. The van der Waals surface area contributed by atoms with Crippen molar-refractivity contribution in [3.05, 3.63) is 57.6 Å². The average molecular weight is 512 g/mol. The van der Waals surface area contributed by atoms with Gasteiger partial charge in [0.25, 0.3) is 5.91 Å². The Kier molecular flexibility index (Phi) is 6.25. The number of fused-ring (bicyclic) bond motifs is 3. The molecule has 0 aromatic heterocycles. The van der Waals surface area contributed by atoms with Crippen LogP contribution in [0.25, 0.3) is 6.08 Å². The molecule has 37 heavy (non-hydrogen) atoms. The molecule has 0 fully saturated rings. The Morgan fingerprint density at radius 2 is 1.76 bits per heavy atom. The summed E-state index contributed by atoms with van der Waals surface area (Å²) in [5.41, 5.74) is 2.40.